The fraction of sp³-hybridized carbons (Fsp3) is 0.500. The summed E-state index contributed by atoms with van der Waals surface area (Å²) in [7, 11) is 0. The van der Waals surface area contributed by atoms with Crippen molar-refractivity contribution in [2.45, 2.75) is 45.8 Å². The first-order valence-electron chi connectivity index (χ1n) is 8.29. The van der Waals surface area contributed by atoms with Crippen LogP contribution in [0.1, 0.15) is 39.2 Å². The van der Waals surface area contributed by atoms with Gasteiger partial charge in [-0.2, -0.15) is 0 Å². The molecule has 8 heteroatoms. The van der Waals surface area contributed by atoms with E-state index < -0.39 is 17.7 Å². The number of amides is 2. The maximum Gasteiger partial charge on any atom is 0.407 e. The van der Waals surface area contributed by atoms with Crippen molar-refractivity contribution < 1.29 is 23.9 Å². The molecule has 0 bridgehead atoms. The highest BCUT2D eigenvalue weighted by atomic mass is 35.5. The van der Waals surface area contributed by atoms with Crippen LogP contribution in [0, 0.1) is 0 Å². The standard InChI is InChI=1S/C18H25ClN2O5/c1-18(2,3)26-17(24)20-10-4-5-16(23)25-12-15(22)21-11-13-6-8-14(19)9-7-13/h6-9H,4-5,10-12H2,1-3H3,(H,20,24)(H,21,22). The molecular formula is C18H25ClN2O5. The van der Waals surface area contributed by atoms with Gasteiger partial charge in [0.15, 0.2) is 6.61 Å². The minimum absolute atomic E-state index is 0.0975. The van der Waals surface area contributed by atoms with Gasteiger partial charge in [-0.25, -0.2) is 4.79 Å². The third kappa shape index (κ3) is 10.6. The highest BCUT2D eigenvalue weighted by molar-refractivity contribution is 6.30. The lowest BCUT2D eigenvalue weighted by Crippen LogP contribution is -2.33. The van der Waals surface area contributed by atoms with Crippen LogP contribution in [0.2, 0.25) is 5.02 Å². The lowest BCUT2D eigenvalue weighted by atomic mass is 10.2. The number of hydrogen-bond acceptors (Lipinski definition) is 5. The number of alkyl carbamates (subject to hydrolysis) is 1. The number of hydrogen-bond donors (Lipinski definition) is 2. The zero-order chi connectivity index (χ0) is 19.6. The van der Waals surface area contributed by atoms with Crippen LogP contribution in [0.15, 0.2) is 24.3 Å². The fourth-order valence-electron chi connectivity index (χ4n) is 1.81. The number of carbonyl (C=O) groups is 3. The van der Waals surface area contributed by atoms with Crippen molar-refractivity contribution in [1.29, 1.82) is 0 Å². The Labute approximate surface area is 158 Å². The van der Waals surface area contributed by atoms with Crippen LogP contribution in [0.25, 0.3) is 0 Å². The Morgan fingerprint density at radius 1 is 1.08 bits per heavy atom. The van der Waals surface area contributed by atoms with Gasteiger partial charge >= 0.3 is 12.1 Å². The van der Waals surface area contributed by atoms with E-state index in [2.05, 4.69) is 10.6 Å². The quantitative estimate of drug-likeness (QED) is 0.531. The molecule has 2 amide bonds. The number of halogens is 1. The number of carbonyl (C=O) groups excluding carboxylic acids is 3. The van der Waals surface area contributed by atoms with Gasteiger partial charge in [0.1, 0.15) is 5.60 Å². The molecule has 0 aromatic heterocycles. The Balaban J connectivity index is 2.11. The third-order valence-corrected chi connectivity index (χ3v) is 3.25. The molecule has 26 heavy (non-hydrogen) atoms. The highest BCUT2D eigenvalue weighted by Crippen LogP contribution is 2.09. The number of rotatable bonds is 8. The molecule has 0 aliphatic rings. The van der Waals surface area contributed by atoms with E-state index in [0.29, 0.717) is 18.0 Å². The number of benzene rings is 1. The summed E-state index contributed by atoms with van der Waals surface area (Å²) in [6.45, 7) is 5.57. The molecule has 1 rings (SSSR count). The monoisotopic (exact) mass is 384 g/mol. The van der Waals surface area contributed by atoms with Crippen molar-refractivity contribution in [3.63, 3.8) is 0 Å². The van der Waals surface area contributed by atoms with Gasteiger partial charge in [0.2, 0.25) is 0 Å². The zero-order valence-electron chi connectivity index (χ0n) is 15.3. The minimum atomic E-state index is -0.567. The van der Waals surface area contributed by atoms with Crippen molar-refractivity contribution in [3.05, 3.63) is 34.9 Å². The molecule has 0 aliphatic carbocycles. The van der Waals surface area contributed by atoms with Gasteiger partial charge in [-0.15, -0.1) is 0 Å². The van der Waals surface area contributed by atoms with Crippen molar-refractivity contribution in [2.75, 3.05) is 13.2 Å². The molecule has 1 aromatic carbocycles. The second kappa shape index (κ2) is 10.7. The summed E-state index contributed by atoms with van der Waals surface area (Å²) in [5.41, 5.74) is 0.324. The first kappa shape index (κ1) is 21.8. The fourth-order valence-corrected chi connectivity index (χ4v) is 1.94. The van der Waals surface area contributed by atoms with Crippen molar-refractivity contribution in [2.24, 2.45) is 0 Å². The average Bonchev–Trinajstić information content (AvgIpc) is 2.55. The summed E-state index contributed by atoms with van der Waals surface area (Å²) in [5, 5.41) is 5.81. The lowest BCUT2D eigenvalue weighted by molar-refractivity contribution is -0.148. The van der Waals surface area contributed by atoms with Gasteiger partial charge in [-0.3, -0.25) is 9.59 Å². The molecule has 144 valence electrons. The molecule has 0 spiro atoms. The van der Waals surface area contributed by atoms with Crippen molar-refractivity contribution in [3.8, 4) is 0 Å². The van der Waals surface area contributed by atoms with E-state index in [1.807, 2.05) is 0 Å². The second-order valence-electron chi connectivity index (χ2n) is 6.60. The van der Waals surface area contributed by atoms with Gasteiger partial charge in [-0.05, 0) is 44.9 Å². The summed E-state index contributed by atoms with van der Waals surface area (Å²) >= 11 is 5.78. The van der Waals surface area contributed by atoms with Crippen LogP contribution in [0.5, 0.6) is 0 Å². The molecule has 0 radical (unpaired) electrons. The number of nitrogens with one attached hydrogen (secondary N) is 2. The van der Waals surface area contributed by atoms with Crippen LogP contribution in [0.3, 0.4) is 0 Å². The summed E-state index contributed by atoms with van der Waals surface area (Å²) in [4.78, 5) is 34.6. The van der Waals surface area contributed by atoms with Crippen LogP contribution >= 0.6 is 11.6 Å². The first-order chi connectivity index (χ1) is 12.2. The summed E-state index contributed by atoms with van der Waals surface area (Å²) in [6, 6.07) is 7.06. The van der Waals surface area contributed by atoms with E-state index in [-0.39, 0.29) is 25.5 Å². The third-order valence-electron chi connectivity index (χ3n) is 2.99. The van der Waals surface area contributed by atoms with E-state index in [9.17, 15) is 14.4 Å². The van der Waals surface area contributed by atoms with Gasteiger partial charge in [0.25, 0.3) is 5.91 Å². The minimum Gasteiger partial charge on any atom is -0.456 e. The number of esters is 1. The Morgan fingerprint density at radius 3 is 2.35 bits per heavy atom. The Bertz CT molecular complexity index is 611. The van der Waals surface area contributed by atoms with Crippen LogP contribution in [-0.4, -0.2) is 36.7 Å². The SMILES string of the molecule is CC(C)(C)OC(=O)NCCCC(=O)OCC(=O)NCc1ccc(Cl)cc1. The van der Waals surface area contributed by atoms with Crippen molar-refractivity contribution >= 4 is 29.6 Å². The molecule has 0 heterocycles. The molecule has 0 saturated heterocycles. The zero-order valence-corrected chi connectivity index (χ0v) is 16.0. The highest BCUT2D eigenvalue weighted by Gasteiger charge is 2.15. The first-order valence-corrected chi connectivity index (χ1v) is 8.67. The van der Waals surface area contributed by atoms with Gasteiger partial charge in [-0.1, -0.05) is 23.7 Å². The van der Waals surface area contributed by atoms with Gasteiger partial charge in [0.05, 0.1) is 0 Å². The number of ether oxygens (including phenoxy) is 2. The van der Waals surface area contributed by atoms with E-state index in [1.54, 1.807) is 45.0 Å². The average molecular weight is 385 g/mol. The van der Waals surface area contributed by atoms with Crippen LogP contribution < -0.4 is 10.6 Å². The summed E-state index contributed by atoms with van der Waals surface area (Å²) < 4.78 is 9.95. The molecule has 0 atom stereocenters. The molecule has 0 saturated carbocycles. The molecule has 2 N–H and O–H groups in total. The normalized spacial score (nSPS) is 10.8. The molecular weight excluding hydrogens is 360 g/mol. The lowest BCUT2D eigenvalue weighted by Gasteiger charge is -2.19. The van der Waals surface area contributed by atoms with Crippen LogP contribution in [0.4, 0.5) is 4.79 Å². The summed E-state index contributed by atoms with van der Waals surface area (Å²) in [6.07, 6.45) is -0.0440. The molecule has 0 aliphatic heterocycles. The molecule has 1 aromatic rings. The van der Waals surface area contributed by atoms with Crippen LogP contribution in [-0.2, 0) is 25.6 Å². The van der Waals surface area contributed by atoms with Gasteiger partial charge < -0.3 is 20.1 Å². The largest absolute Gasteiger partial charge is 0.456 e. The molecule has 7 nitrogen and oxygen atoms in total. The van der Waals surface area contributed by atoms with E-state index >= 15 is 0 Å². The predicted molar refractivity (Wildman–Crippen MR) is 97.7 cm³/mol. The Hall–Kier alpha value is -2.28. The topological polar surface area (TPSA) is 93.7 Å². The van der Waals surface area contributed by atoms with Gasteiger partial charge in [0, 0.05) is 24.5 Å². The molecule has 0 fully saturated rings. The maximum atomic E-state index is 11.7. The van der Waals surface area contributed by atoms with Crippen molar-refractivity contribution in [1.82, 2.24) is 10.6 Å². The summed E-state index contributed by atoms with van der Waals surface area (Å²) in [5.74, 6) is -0.891. The Kier molecular flexibility index (Phi) is 8.92. The molecule has 0 unspecified atom stereocenters. The second-order valence-corrected chi connectivity index (χ2v) is 7.03. The van der Waals surface area contributed by atoms with E-state index in [0.717, 1.165) is 5.56 Å². The smallest absolute Gasteiger partial charge is 0.407 e. The predicted octanol–water partition coefficient (Wildman–Crippen LogP) is 2.80. The van der Waals surface area contributed by atoms with E-state index in [4.69, 9.17) is 21.1 Å². The Morgan fingerprint density at radius 2 is 1.73 bits per heavy atom. The maximum absolute atomic E-state index is 11.7. The van der Waals surface area contributed by atoms with E-state index in [1.165, 1.54) is 0 Å².